The van der Waals surface area contributed by atoms with Crippen molar-refractivity contribution in [2.45, 2.75) is 33.1 Å². The third-order valence-corrected chi connectivity index (χ3v) is 10.6. The van der Waals surface area contributed by atoms with Gasteiger partial charge >= 0.3 is 0 Å². The topological polar surface area (TPSA) is 40.2 Å². The van der Waals surface area contributed by atoms with Gasteiger partial charge in [-0.25, -0.2) is 9.83 Å². The summed E-state index contributed by atoms with van der Waals surface area (Å²) in [6.45, 7) is 16.7. The van der Waals surface area contributed by atoms with Gasteiger partial charge in [-0.1, -0.05) is 135 Å². The Morgan fingerprint density at radius 1 is 0.700 bits per heavy atom. The molecule has 3 aromatic heterocycles. The van der Waals surface area contributed by atoms with Gasteiger partial charge in [0.1, 0.15) is 17.3 Å². The van der Waals surface area contributed by atoms with E-state index in [1.165, 1.54) is 0 Å². The molecule has 0 unspecified atom stereocenters. The molecule has 6 nitrogen and oxygen atoms in total. The molecule has 0 saturated carbocycles. The van der Waals surface area contributed by atoms with E-state index in [0.29, 0.717) is 28.2 Å². The Kier molecular flexibility index (Phi) is 6.56. The molecule has 0 aliphatic rings. The van der Waals surface area contributed by atoms with Gasteiger partial charge in [0.2, 0.25) is 0 Å². The van der Waals surface area contributed by atoms with Crippen LogP contribution < -0.4 is 9.30 Å². The lowest BCUT2D eigenvalue weighted by molar-refractivity contribution is -0.571. The van der Waals surface area contributed by atoms with E-state index in [1.54, 1.807) is 57.7 Å². The zero-order valence-electron chi connectivity index (χ0n) is 43.1. The molecule has 0 fully saturated rings. The van der Waals surface area contributed by atoms with Crippen LogP contribution in [0.15, 0.2) is 176 Å². The number of aromatic nitrogens is 4. The van der Waals surface area contributed by atoms with Crippen molar-refractivity contribution in [3.05, 3.63) is 205 Å². The summed E-state index contributed by atoms with van der Waals surface area (Å²) in [7, 11) is 0. The Morgan fingerprint density at radius 3 is 2.15 bits per heavy atom. The van der Waals surface area contributed by atoms with E-state index in [9.17, 15) is 0 Å². The molecule has 0 radical (unpaired) electrons. The largest absolute Gasteiger partial charge is 0.459 e. The molecule has 0 saturated heterocycles. The lowest BCUT2D eigenvalue weighted by Crippen LogP contribution is -2.31. The van der Waals surface area contributed by atoms with Crippen LogP contribution in [0.5, 0.6) is 11.5 Å². The molecule has 7 aromatic carbocycles. The van der Waals surface area contributed by atoms with Gasteiger partial charge in [0.25, 0.3) is 6.33 Å². The van der Waals surface area contributed by atoms with Crippen LogP contribution >= 0.6 is 0 Å². The Labute approximate surface area is 363 Å². The minimum atomic E-state index is -0.587. The summed E-state index contributed by atoms with van der Waals surface area (Å²) in [5, 5.41) is 2.07. The van der Waals surface area contributed by atoms with Crippen LogP contribution in [-0.4, -0.2) is 14.1 Å². The normalized spacial score (nSPS) is 14.0. The van der Waals surface area contributed by atoms with Crippen molar-refractivity contribution >= 4 is 38.5 Å². The summed E-state index contributed by atoms with van der Waals surface area (Å²) >= 11 is 0. The average Bonchev–Trinajstić information content (AvgIpc) is 3.89. The first kappa shape index (κ1) is 27.0. The summed E-state index contributed by atoms with van der Waals surface area (Å²) in [4.78, 5) is 8.63. The first-order chi connectivity index (χ1) is 33.4. The Balaban J connectivity index is 1.18. The lowest BCUT2D eigenvalue weighted by Gasteiger charge is -2.20. The maximum Gasteiger partial charge on any atom is 0.269 e. The number of rotatable bonds is 7. The van der Waals surface area contributed by atoms with Crippen molar-refractivity contribution in [3.8, 4) is 50.9 Å². The number of imidazole rings is 1. The zero-order chi connectivity index (χ0) is 49.7. The fourth-order valence-electron chi connectivity index (χ4n) is 7.76. The standard InChI is InChI=1S/C54H41N5O/c1-36-23-26-48-47(29-36)46-25-24-42(34-51(46)59(48)52-30-39(27-28-56-52)54(2,3)4)60-43-32-40(55-5)31-41(33-43)57-35-58(50-22-13-12-21-49(50)57)53-44(37-15-8-6-9-16-37)19-14-20-45(53)38-17-10-7-11-18-38/h6-34H,1-4H3/i6D,7D,8D,9D,10D,11D,15D,16D,17D,18D. The van der Waals surface area contributed by atoms with Gasteiger partial charge in [0.05, 0.1) is 53.7 Å². The maximum absolute atomic E-state index is 9.02. The highest BCUT2D eigenvalue weighted by atomic mass is 16.5. The van der Waals surface area contributed by atoms with Crippen molar-refractivity contribution in [2.75, 3.05) is 0 Å². The molecular formula is C54H41N5O. The minimum absolute atomic E-state index is 0.116. The molecule has 0 atom stereocenters. The van der Waals surface area contributed by atoms with Gasteiger partial charge < -0.3 is 4.74 Å². The second-order valence-corrected chi connectivity index (χ2v) is 15.5. The van der Waals surface area contributed by atoms with E-state index in [4.69, 9.17) is 30.0 Å². The highest BCUT2D eigenvalue weighted by Gasteiger charge is 2.21. The maximum atomic E-state index is 9.02. The first-order valence-electron chi connectivity index (χ1n) is 24.3. The van der Waals surface area contributed by atoms with Crippen molar-refractivity contribution in [1.82, 2.24) is 14.1 Å². The van der Waals surface area contributed by atoms with Crippen LogP contribution in [-0.2, 0) is 5.41 Å². The number of pyridine rings is 1. The van der Waals surface area contributed by atoms with Crippen LogP contribution in [0.2, 0.25) is 0 Å². The van der Waals surface area contributed by atoms with E-state index >= 15 is 0 Å². The van der Waals surface area contributed by atoms with Gasteiger partial charge in [0.15, 0.2) is 5.69 Å². The number of nitrogens with zero attached hydrogens (tertiary/aromatic N) is 5. The lowest BCUT2D eigenvalue weighted by atomic mass is 9.88. The third kappa shape index (κ3) is 6.47. The fourth-order valence-corrected chi connectivity index (χ4v) is 7.76. The molecule has 0 amide bonds. The molecule has 288 valence electrons. The predicted molar refractivity (Wildman–Crippen MR) is 243 cm³/mol. The number of hydrogen-bond acceptors (Lipinski definition) is 2. The molecule has 0 bridgehead atoms. The first-order valence-corrected chi connectivity index (χ1v) is 19.3. The molecule has 0 aliphatic heterocycles. The second kappa shape index (κ2) is 14.6. The van der Waals surface area contributed by atoms with Crippen LogP contribution in [0.3, 0.4) is 0 Å². The van der Waals surface area contributed by atoms with Crippen LogP contribution in [0.1, 0.15) is 45.6 Å². The van der Waals surface area contributed by atoms with Gasteiger partial charge in [-0.15, -0.1) is 0 Å². The number of benzene rings is 7. The third-order valence-electron chi connectivity index (χ3n) is 10.6. The highest BCUT2D eigenvalue weighted by molar-refractivity contribution is 6.09. The van der Waals surface area contributed by atoms with Crippen LogP contribution in [0.4, 0.5) is 5.69 Å². The highest BCUT2D eigenvalue weighted by Crippen LogP contribution is 2.39. The molecule has 60 heavy (non-hydrogen) atoms. The number of fused-ring (bicyclic) bond motifs is 4. The Hall–Kier alpha value is -7.75. The molecule has 3 heterocycles. The van der Waals surface area contributed by atoms with Gasteiger partial charge in [-0.3, -0.25) is 13.7 Å². The Morgan fingerprint density at radius 2 is 1.43 bits per heavy atom. The smallest absolute Gasteiger partial charge is 0.269 e. The number of aryl methyl sites for hydroxylation is 1. The second-order valence-electron chi connectivity index (χ2n) is 15.5. The monoisotopic (exact) mass is 785 g/mol. The van der Waals surface area contributed by atoms with Crippen molar-refractivity contribution in [1.29, 1.82) is 0 Å². The van der Waals surface area contributed by atoms with Crippen LogP contribution in [0, 0.1) is 19.8 Å². The summed E-state index contributed by atoms with van der Waals surface area (Å²) < 4.78 is 99.0. The van der Waals surface area contributed by atoms with Crippen molar-refractivity contribution in [2.24, 2.45) is 0 Å². The molecule has 10 aromatic rings. The van der Waals surface area contributed by atoms with E-state index in [0.717, 1.165) is 38.8 Å². The quantitative estimate of drug-likeness (QED) is 0.119. The zero-order valence-corrected chi connectivity index (χ0v) is 33.1. The van der Waals surface area contributed by atoms with E-state index in [1.807, 2.05) is 42.6 Å². The number of hydrogen-bond donors (Lipinski definition) is 0. The van der Waals surface area contributed by atoms with Crippen molar-refractivity contribution < 1.29 is 23.0 Å². The van der Waals surface area contributed by atoms with Crippen LogP contribution in [0.25, 0.3) is 77.1 Å². The summed E-state index contributed by atoms with van der Waals surface area (Å²) in [5.74, 6) is 1.60. The molecule has 0 spiro atoms. The average molecular weight is 786 g/mol. The molecular weight excluding hydrogens is 735 g/mol. The predicted octanol–water partition coefficient (Wildman–Crippen LogP) is 13.5. The Bertz CT molecular complexity index is 3760. The van der Waals surface area contributed by atoms with Gasteiger partial charge in [0, 0.05) is 23.0 Å². The number of ether oxygens (including phenoxy) is 1. The molecule has 6 heteroatoms. The molecule has 10 rings (SSSR count). The summed E-state index contributed by atoms with van der Waals surface area (Å²) in [6.07, 6.45) is 5.22. The molecule has 0 N–H and O–H groups in total. The van der Waals surface area contributed by atoms with E-state index < -0.39 is 60.4 Å². The summed E-state index contributed by atoms with van der Waals surface area (Å²) in [5.41, 5.74) is 5.79. The van der Waals surface area contributed by atoms with E-state index in [2.05, 4.69) is 67.7 Å². The SMILES string of the molecule is [2H]c1c([2H])c([2H])c(-c2cccc(-c3c([2H])c([2H])c([2H])c([2H])c3[2H])c2-[n+]2[c-]n(-c3cc([N+]#[C-])cc(Oc4ccc5c6cc(C)ccc6n(-c6cc(C(C)(C)C)ccn6)c5c4)c3)c3ccccc32)c([2H])c1[2H]. The van der Waals surface area contributed by atoms with E-state index in [-0.39, 0.29) is 39.0 Å². The molecule has 0 aliphatic carbocycles. The fraction of sp³-hybridized carbons (Fsp3) is 0.0926. The van der Waals surface area contributed by atoms with Gasteiger partial charge in [-0.05, 0) is 94.8 Å². The van der Waals surface area contributed by atoms with Gasteiger partial charge in [-0.2, -0.15) is 0 Å². The van der Waals surface area contributed by atoms with Crippen molar-refractivity contribution in [3.63, 3.8) is 0 Å². The minimum Gasteiger partial charge on any atom is -0.459 e. The number of para-hydroxylation sites is 3. The summed E-state index contributed by atoms with van der Waals surface area (Å²) in [6, 6.07) is 27.8.